The van der Waals surface area contributed by atoms with Gasteiger partial charge >= 0.3 is 0 Å². The lowest BCUT2D eigenvalue weighted by Crippen LogP contribution is -2.53. The Balaban J connectivity index is 2.43. The molecule has 1 aliphatic rings. The van der Waals surface area contributed by atoms with E-state index in [1.165, 1.54) is 38.5 Å². The minimum absolute atomic E-state index is 0.371. The summed E-state index contributed by atoms with van der Waals surface area (Å²) in [6, 6.07) is 0.528. The van der Waals surface area contributed by atoms with Crippen LogP contribution in [0.15, 0.2) is 0 Å². The van der Waals surface area contributed by atoms with E-state index in [0.29, 0.717) is 17.6 Å². The molecule has 19 heavy (non-hydrogen) atoms. The molecule has 0 radical (unpaired) electrons. The van der Waals surface area contributed by atoms with Gasteiger partial charge in [-0.25, -0.2) is 0 Å². The summed E-state index contributed by atoms with van der Waals surface area (Å²) in [4.78, 5) is 0. The minimum atomic E-state index is 0.371. The zero-order chi connectivity index (χ0) is 14.3. The Morgan fingerprint density at radius 1 is 1.32 bits per heavy atom. The van der Waals surface area contributed by atoms with Gasteiger partial charge in [0.25, 0.3) is 0 Å². The second-order valence-corrected chi connectivity index (χ2v) is 7.26. The van der Waals surface area contributed by atoms with Crippen molar-refractivity contribution < 1.29 is 4.74 Å². The molecule has 2 atom stereocenters. The Labute approximate surface area is 120 Å². The molecule has 114 valence electrons. The molecule has 0 aliphatic heterocycles. The normalized spacial score (nSPS) is 26.8. The summed E-state index contributed by atoms with van der Waals surface area (Å²) in [5.74, 6) is 0.792. The van der Waals surface area contributed by atoms with Crippen molar-refractivity contribution in [2.24, 2.45) is 11.3 Å². The van der Waals surface area contributed by atoms with Crippen LogP contribution in [0.25, 0.3) is 0 Å². The first-order valence-electron chi connectivity index (χ1n) is 8.32. The third-order valence-electron chi connectivity index (χ3n) is 4.40. The third-order valence-corrected chi connectivity index (χ3v) is 4.40. The Hall–Kier alpha value is -0.0800. The van der Waals surface area contributed by atoms with Gasteiger partial charge in [-0.15, -0.1) is 0 Å². The van der Waals surface area contributed by atoms with Crippen LogP contribution in [0.1, 0.15) is 73.1 Å². The number of nitrogens with one attached hydrogen (secondary N) is 1. The van der Waals surface area contributed by atoms with E-state index < -0.39 is 0 Å². The highest BCUT2D eigenvalue weighted by molar-refractivity contribution is 4.94. The van der Waals surface area contributed by atoms with Crippen molar-refractivity contribution >= 4 is 0 Å². The molecule has 0 amide bonds. The zero-order valence-electron chi connectivity index (χ0n) is 13.8. The molecular formula is C17H35NO. The highest BCUT2D eigenvalue weighted by Crippen LogP contribution is 2.37. The highest BCUT2D eigenvalue weighted by Gasteiger charge is 2.38. The molecule has 1 rings (SSSR count). The maximum Gasteiger partial charge on any atom is 0.0733 e. The Morgan fingerprint density at radius 2 is 2.05 bits per heavy atom. The Bertz CT molecular complexity index is 237. The van der Waals surface area contributed by atoms with Crippen molar-refractivity contribution in [3.05, 3.63) is 0 Å². The van der Waals surface area contributed by atoms with Crippen LogP contribution in [0.3, 0.4) is 0 Å². The lowest BCUT2D eigenvalue weighted by Gasteiger charge is -2.44. The third kappa shape index (κ3) is 5.83. The first-order chi connectivity index (χ1) is 8.97. The van der Waals surface area contributed by atoms with Gasteiger partial charge < -0.3 is 10.1 Å². The summed E-state index contributed by atoms with van der Waals surface area (Å²) >= 11 is 0. The summed E-state index contributed by atoms with van der Waals surface area (Å²) < 4.78 is 6.22. The molecule has 0 heterocycles. The molecular weight excluding hydrogens is 234 g/mol. The first-order valence-corrected chi connectivity index (χ1v) is 8.32. The quantitative estimate of drug-likeness (QED) is 0.660. The lowest BCUT2D eigenvalue weighted by atomic mass is 9.71. The molecule has 0 saturated heterocycles. The average Bonchev–Trinajstić information content (AvgIpc) is 2.32. The van der Waals surface area contributed by atoms with Crippen LogP contribution in [0.4, 0.5) is 0 Å². The molecule has 1 N–H and O–H groups in total. The van der Waals surface area contributed by atoms with E-state index in [9.17, 15) is 0 Å². The van der Waals surface area contributed by atoms with Crippen molar-refractivity contribution in [3.63, 3.8) is 0 Å². The first kappa shape index (κ1) is 17.0. The van der Waals surface area contributed by atoms with Gasteiger partial charge in [-0.05, 0) is 50.0 Å². The fourth-order valence-electron chi connectivity index (χ4n) is 3.20. The topological polar surface area (TPSA) is 21.3 Å². The second-order valence-electron chi connectivity index (χ2n) is 7.26. The van der Waals surface area contributed by atoms with Gasteiger partial charge in [0, 0.05) is 12.6 Å². The average molecular weight is 269 g/mol. The summed E-state index contributed by atoms with van der Waals surface area (Å²) in [5.41, 5.74) is 0.371. The van der Waals surface area contributed by atoms with Gasteiger partial charge in [0.2, 0.25) is 0 Å². The standard InChI is InChI=1S/C17H35NO/c1-6-12-18-16-15(10-7-11-17(16,4)5)19-13-8-9-14(2)3/h14-16,18H,6-13H2,1-5H3. The Morgan fingerprint density at radius 3 is 2.68 bits per heavy atom. The fraction of sp³-hybridized carbons (Fsp3) is 1.00. The van der Waals surface area contributed by atoms with Crippen LogP contribution in [0.5, 0.6) is 0 Å². The van der Waals surface area contributed by atoms with Crippen LogP contribution < -0.4 is 5.32 Å². The predicted molar refractivity (Wildman–Crippen MR) is 83.5 cm³/mol. The van der Waals surface area contributed by atoms with Crippen molar-refractivity contribution in [3.8, 4) is 0 Å². The van der Waals surface area contributed by atoms with Gasteiger partial charge in [0.15, 0.2) is 0 Å². The van der Waals surface area contributed by atoms with Crippen LogP contribution in [0.2, 0.25) is 0 Å². The molecule has 2 heteroatoms. The summed E-state index contributed by atoms with van der Waals surface area (Å²) in [6.45, 7) is 13.6. The predicted octanol–water partition coefficient (Wildman–Crippen LogP) is 4.39. The smallest absolute Gasteiger partial charge is 0.0733 e. The van der Waals surface area contributed by atoms with Gasteiger partial charge in [0.1, 0.15) is 0 Å². The monoisotopic (exact) mass is 269 g/mol. The van der Waals surface area contributed by atoms with Gasteiger partial charge in [-0.1, -0.05) is 41.0 Å². The van der Waals surface area contributed by atoms with E-state index in [-0.39, 0.29) is 0 Å². The van der Waals surface area contributed by atoms with Gasteiger partial charge in [0.05, 0.1) is 6.10 Å². The number of hydrogen-bond donors (Lipinski definition) is 1. The molecule has 1 saturated carbocycles. The van der Waals surface area contributed by atoms with Crippen LogP contribution in [-0.4, -0.2) is 25.3 Å². The zero-order valence-corrected chi connectivity index (χ0v) is 13.8. The maximum atomic E-state index is 6.22. The molecule has 2 unspecified atom stereocenters. The van der Waals surface area contributed by atoms with Gasteiger partial charge in [-0.2, -0.15) is 0 Å². The number of hydrogen-bond acceptors (Lipinski definition) is 2. The molecule has 1 aliphatic carbocycles. The van der Waals surface area contributed by atoms with E-state index in [1.54, 1.807) is 0 Å². The van der Waals surface area contributed by atoms with Crippen molar-refractivity contribution in [2.75, 3.05) is 13.2 Å². The lowest BCUT2D eigenvalue weighted by molar-refractivity contribution is -0.0387. The summed E-state index contributed by atoms with van der Waals surface area (Å²) in [6.07, 6.45) is 7.96. The fourth-order valence-corrected chi connectivity index (χ4v) is 3.20. The summed E-state index contributed by atoms with van der Waals surface area (Å²) in [5, 5.41) is 3.74. The van der Waals surface area contributed by atoms with Crippen LogP contribution in [-0.2, 0) is 4.74 Å². The van der Waals surface area contributed by atoms with E-state index in [1.807, 2.05) is 0 Å². The van der Waals surface area contributed by atoms with Crippen molar-refractivity contribution in [2.45, 2.75) is 85.3 Å². The molecule has 2 nitrogen and oxygen atoms in total. The van der Waals surface area contributed by atoms with Crippen LogP contribution in [0, 0.1) is 11.3 Å². The molecule has 0 aromatic heterocycles. The van der Waals surface area contributed by atoms with Crippen molar-refractivity contribution in [1.29, 1.82) is 0 Å². The summed E-state index contributed by atoms with van der Waals surface area (Å²) in [7, 11) is 0. The van der Waals surface area contributed by atoms with E-state index in [0.717, 1.165) is 19.1 Å². The number of ether oxygens (including phenoxy) is 1. The second kappa shape index (κ2) is 8.26. The molecule has 0 spiro atoms. The largest absolute Gasteiger partial charge is 0.377 e. The highest BCUT2D eigenvalue weighted by atomic mass is 16.5. The van der Waals surface area contributed by atoms with E-state index in [4.69, 9.17) is 4.74 Å². The number of rotatable bonds is 8. The van der Waals surface area contributed by atoms with Gasteiger partial charge in [-0.3, -0.25) is 0 Å². The molecule has 1 fully saturated rings. The SMILES string of the molecule is CCCNC1C(OCCCC(C)C)CCCC1(C)C. The minimum Gasteiger partial charge on any atom is -0.377 e. The maximum absolute atomic E-state index is 6.22. The molecule has 0 aromatic rings. The van der Waals surface area contributed by atoms with Crippen molar-refractivity contribution in [1.82, 2.24) is 5.32 Å². The molecule has 0 aromatic carbocycles. The van der Waals surface area contributed by atoms with Crippen LogP contribution >= 0.6 is 0 Å². The Kier molecular flexibility index (Phi) is 7.38. The van der Waals surface area contributed by atoms with E-state index in [2.05, 4.69) is 39.9 Å². The van der Waals surface area contributed by atoms with E-state index >= 15 is 0 Å². The molecule has 0 bridgehead atoms.